The van der Waals surface area contributed by atoms with Gasteiger partial charge in [-0.2, -0.15) is 0 Å². The summed E-state index contributed by atoms with van der Waals surface area (Å²) in [4.78, 5) is 25.5. The molecule has 3 unspecified atom stereocenters. The van der Waals surface area contributed by atoms with E-state index in [0.717, 1.165) is 64.2 Å². The number of nitrogens with one attached hydrogen (secondary N) is 1. The SMILES string of the molecule is CC/C=C\C/C=C\C/C=C\C/C=C\CCCCCCCCCCCCCCCCC(=O)NC(COP(=O)([O-])OCC[N+](C)(C)C)C(O)/C=C/CC/C=C/CCCCCCCCCCCCCCCC. The van der Waals surface area contributed by atoms with Gasteiger partial charge >= 0.3 is 0 Å². The van der Waals surface area contributed by atoms with Crippen LogP contribution in [0.3, 0.4) is 0 Å². The molecule has 0 aromatic carbocycles. The molecule has 0 saturated heterocycles. The Bertz CT molecular complexity index is 1350. The minimum Gasteiger partial charge on any atom is -0.756 e. The number of hydrogen-bond donors (Lipinski definition) is 2. The summed E-state index contributed by atoms with van der Waals surface area (Å²) >= 11 is 0. The normalized spacial score (nSPS) is 14.5. The van der Waals surface area contributed by atoms with Crippen molar-refractivity contribution in [3.8, 4) is 0 Å². The van der Waals surface area contributed by atoms with Gasteiger partial charge in [0.15, 0.2) is 0 Å². The van der Waals surface area contributed by atoms with Crippen LogP contribution >= 0.6 is 7.82 Å². The zero-order valence-electron chi connectivity index (χ0n) is 45.8. The van der Waals surface area contributed by atoms with Gasteiger partial charge < -0.3 is 28.8 Å². The number of phosphoric ester groups is 1. The Morgan fingerprint density at radius 1 is 0.522 bits per heavy atom. The summed E-state index contributed by atoms with van der Waals surface area (Å²) in [5.41, 5.74) is 0. The first-order valence-corrected chi connectivity index (χ1v) is 30.3. The fraction of sp³-hybridized carbons (Fsp3) is 0.783. The molecule has 0 spiro atoms. The van der Waals surface area contributed by atoms with Crippen molar-refractivity contribution in [2.75, 3.05) is 40.9 Å². The highest BCUT2D eigenvalue weighted by atomic mass is 31.2. The van der Waals surface area contributed by atoms with Crippen LogP contribution in [-0.4, -0.2) is 68.5 Å². The second-order valence-corrected chi connectivity index (χ2v) is 22.0. The highest BCUT2D eigenvalue weighted by molar-refractivity contribution is 7.45. The quantitative estimate of drug-likeness (QED) is 0.0272. The Morgan fingerprint density at radius 2 is 0.899 bits per heavy atom. The summed E-state index contributed by atoms with van der Waals surface area (Å²) in [6.07, 6.45) is 69.8. The summed E-state index contributed by atoms with van der Waals surface area (Å²) in [7, 11) is 1.24. The van der Waals surface area contributed by atoms with Crippen LogP contribution in [0.4, 0.5) is 0 Å². The van der Waals surface area contributed by atoms with E-state index in [-0.39, 0.29) is 12.5 Å². The van der Waals surface area contributed by atoms with Crippen molar-refractivity contribution in [2.24, 2.45) is 0 Å². The lowest BCUT2D eigenvalue weighted by atomic mass is 10.0. The standard InChI is InChI=1S/C60H111N2O6P/c1-6-8-10-12-14-16-18-20-22-24-26-28-29-30-31-32-33-34-36-38-40-42-44-46-48-50-52-54-60(64)61-58(57-68-69(65,66)67-56-55-62(3,4)5)59(63)53-51-49-47-45-43-41-39-37-35-27-25-23-21-19-17-15-13-11-9-7-2/h8,10,14,16,20,22,26,28,43,45,51,53,58-59,63H,6-7,9,11-13,15,17-19,21,23-25,27,29-42,44,46-50,52,54-57H2,1-5H3,(H-,61,64,65,66)/b10-8-,16-14-,22-20-,28-26-,45-43+,53-51+. The number of carbonyl (C=O) groups excluding carboxylic acids is 1. The molecule has 69 heavy (non-hydrogen) atoms. The third kappa shape index (κ3) is 53.6. The van der Waals surface area contributed by atoms with Gasteiger partial charge in [-0.15, -0.1) is 0 Å². The van der Waals surface area contributed by atoms with Gasteiger partial charge in [-0.3, -0.25) is 9.36 Å². The molecule has 0 aliphatic heterocycles. The van der Waals surface area contributed by atoms with Crippen LogP contribution in [0, 0.1) is 0 Å². The second-order valence-electron chi connectivity index (χ2n) is 20.6. The Labute approximate surface area is 427 Å². The molecule has 0 bridgehead atoms. The fourth-order valence-electron chi connectivity index (χ4n) is 8.16. The maximum absolute atomic E-state index is 13.0. The first kappa shape index (κ1) is 66.9. The van der Waals surface area contributed by atoms with Crippen LogP contribution in [0.15, 0.2) is 72.9 Å². The van der Waals surface area contributed by atoms with Gasteiger partial charge in [0.2, 0.25) is 5.91 Å². The molecule has 8 nitrogen and oxygen atoms in total. The highest BCUT2D eigenvalue weighted by Crippen LogP contribution is 2.38. The van der Waals surface area contributed by atoms with Crippen molar-refractivity contribution >= 4 is 13.7 Å². The molecule has 0 aliphatic carbocycles. The van der Waals surface area contributed by atoms with Crippen LogP contribution in [0.1, 0.15) is 251 Å². The number of carbonyl (C=O) groups is 1. The minimum absolute atomic E-state index is 0.00828. The number of amides is 1. The molecule has 2 N–H and O–H groups in total. The van der Waals surface area contributed by atoms with Crippen LogP contribution in [0.5, 0.6) is 0 Å². The van der Waals surface area contributed by atoms with Crippen molar-refractivity contribution in [1.82, 2.24) is 5.32 Å². The van der Waals surface area contributed by atoms with Crippen LogP contribution in [0.25, 0.3) is 0 Å². The Hall–Kier alpha value is -2.06. The number of rotatable bonds is 52. The lowest BCUT2D eigenvalue weighted by molar-refractivity contribution is -0.870. The van der Waals surface area contributed by atoms with Crippen molar-refractivity contribution < 1.29 is 32.9 Å². The highest BCUT2D eigenvalue weighted by Gasteiger charge is 2.23. The third-order valence-corrected chi connectivity index (χ3v) is 13.6. The summed E-state index contributed by atoms with van der Waals surface area (Å²) in [5.74, 6) is -0.208. The number of aliphatic hydroxyl groups excluding tert-OH is 1. The van der Waals surface area contributed by atoms with E-state index in [4.69, 9.17) is 9.05 Å². The molecule has 9 heteroatoms. The first-order chi connectivity index (χ1) is 33.5. The molecule has 3 atom stereocenters. The Kier molecular flexibility index (Phi) is 49.3. The van der Waals surface area contributed by atoms with E-state index in [2.05, 4.69) is 79.9 Å². The van der Waals surface area contributed by atoms with Crippen LogP contribution in [-0.2, 0) is 18.4 Å². The van der Waals surface area contributed by atoms with Gasteiger partial charge in [0.05, 0.1) is 39.9 Å². The molecule has 402 valence electrons. The number of aliphatic hydroxyl groups is 1. The molecule has 0 fully saturated rings. The second kappa shape index (κ2) is 50.9. The lowest BCUT2D eigenvalue weighted by Gasteiger charge is -2.29. The number of quaternary nitrogens is 1. The topological polar surface area (TPSA) is 108 Å². The number of phosphoric acid groups is 1. The predicted octanol–water partition coefficient (Wildman–Crippen LogP) is 16.9. The number of likely N-dealkylation sites (N-methyl/N-ethyl adjacent to an activating group) is 1. The largest absolute Gasteiger partial charge is 0.756 e. The lowest BCUT2D eigenvalue weighted by Crippen LogP contribution is -2.45. The van der Waals surface area contributed by atoms with Crippen LogP contribution < -0.4 is 10.2 Å². The van der Waals surface area contributed by atoms with E-state index in [1.54, 1.807) is 6.08 Å². The monoisotopic (exact) mass is 987 g/mol. The average Bonchev–Trinajstić information content (AvgIpc) is 3.31. The molecule has 0 aromatic rings. The van der Waals surface area contributed by atoms with Crippen molar-refractivity contribution in [3.05, 3.63) is 72.9 Å². The van der Waals surface area contributed by atoms with Gasteiger partial charge in [-0.25, -0.2) is 0 Å². The van der Waals surface area contributed by atoms with Crippen molar-refractivity contribution in [1.29, 1.82) is 0 Å². The Morgan fingerprint density at radius 3 is 1.35 bits per heavy atom. The molecule has 0 saturated carbocycles. The van der Waals surface area contributed by atoms with Gasteiger partial charge in [0, 0.05) is 6.42 Å². The molecule has 0 aromatic heterocycles. The predicted molar refractivity (Wildman–Crippen MR) is 297 cm³/mol. The summed E-state index contributed by atoms with van der Waals surface area (Å²) in [5, 5.41) is 13.9. The third-order valence-electron chi connectivity index (χ3n) is 12.7. The Balaban J connectivity index is 4.23. The van der Waals surface area contributed by atoms with E-state index in [0.29, 0.717) is 17.4 Å². The molecule has 1 amide bonds. The van der Waals surface area contributed by atoms with Gasteiger partial charge in [0.25, 0.3) is 7.82 Å². The van der Waals surface area contributed by atoms with Crippen molar-refractivity contribution in [2.45, 2.75) is 264 Å². The van der Waals surface area contributed by atoms with Gasteiger partial charge in [0.1, 0.15) is 13.2 Å². The van der Waals surface area contributed by atoms with E-state index in [1.807, 2.05) is 27.2 Å². The van der Waals surface area contributed by atoms with E-state index < -0.39 is 26.6 Å². The molecular formula is C60H111N2O6P. The first-order valence-electron chi connectivity index (χ1n) is 28.8. The maximum Gasteiger partial charge on any atom is 0.268 e. The van der Waals surface area contributed by atoms with Gasteiger partial charge in [-0.1, -0.05) is 247 Å². The number of allylic oxidation sites excluding steroid dienone is 11. The number of nitrogens with zero attached hydrogens (tertiary/aromatic N) is 1. The molecule has 0 rings (SSSR count). The zero-order chi connectivity index (χ0) is 50.6. The maximum atomic E-state index is 13.0. The van der Waals surface area contributed by atoms with E-state index >= 15 is 0 Å². The average molecular weight is 988 g/mol. The zero-order valence-corrected chi connectivity index (χ0v) is 46.6. The van der Waals surface area contributed by atoms with Crippen LogP contribution in [0.2, 0.25) is 0 Å². The molecule has 0 heterocycles. The van der Waals surface area contributed by atoms with Gasteiger partial charge in [-0.05, 0) is 70.6 Å². The molecule has 0 radical (unpaired) electrons. The summed E-state index contributed by atoms with van der Waals surface area (Å²) in [6, 6.07) is -0.907. The van der Waals surface area contributed by atoms with Crippen molar-refractivity contribution in [3.63, 3.8) is 0 Å². The smallest absolute Gasteiger partial charge is 0.268 e. The molecule has 0 aliphatic rings. The summed E-state index contributed by atoms with van der Waals surface area (Å²) < 4.78 is 23.3. The minimum atomic E-state index is -4.61. The fourth-order valence-corrected chi connectivity index (χ4v) is 8.88. The number of hydrogen-bond acceptors (Lipinski definition) is 6. The number of unbranched alkanes of at least 4 members (excludes halogenated alkanes) is 29. The van der Waals surface area contributed by atoms with E-state index in [1.165, 1.54) is 167 Å². The summed E-state index contributed by atoms with van der Waals surface area (Å²) in [6.45, 7) is 4.53. The molecular weight excluding hydrogens is 876 g/mol. The van der Waals surface area contributed by atoms with E-state index in [9.17, 15) is 19.4 Å².